The third-order valence-corrected chi connectivity index (χ3v) is 2.41. The fourth-order valence-electron chi connectivity index (χ4n) is 1.66. The van der Waals surface area contributed by atoms with Crippen LogP contribution in [0.4, 0.5) is 5.69 Å². The van der Waals surface area contributed by atoms with E-state index >= 15 is 0 Å². The maximum absolute atomic E-state index is 5.74. The van der Waals surface area contributed by atoms with Crippen LogP contribution in [0.3, 0.4) is 0 Å². The molecule has 0 atom stereocenters. The first-order chi connectivity index (χ1) is 7.74. The summed E-state index contributed by atoms with van der Waals surface area (Å²) in [4.78, 5) is 0. The van der Waals surface area contributed by atoms with Crippen LogP contribution in [0.1, 0.15) is 5.76 Å². The van der Waals surface area contributed by atoms with E-state index in [1.807, 2.05) is 23.5 Å². The molecule has 0 bridgehead atoms. The second-order valence-electron chi connectivity index (χ2n) is 3.66. The van der Waals surface area contributed by atoms with Crippen LogP contribution in [-0.2, 0) is 0 Å². The molecule has 3 aromatic heterocycles. The van der Waals surface area contributed by atoms with Gasteiger partial charge in [-0.1, -0.05) is 0 Å². The average Bonchev–Trinajstić information content (AvgIpc) is 2.83. The molecule has 3 rings (SSSR count). The summed E-state index contributed by atoms with van der Waals surface area (Å²) in [6.07, 6.45) is 3.46. The normalized spacial score (nSPS) is 11.1. The summed E-state index contributed by atoms with van der Waals surface area (Å²) < 4.78 is 7.10. The van der Waals surface area contributed by atoms with Gasteiger partial charge in [0.25, 0.3) is 0 Å². The molecule has 5 nitrogen and oxygen atoms in total. The summed E-state index contributed by atoms with van der Waals surface area (Å²) in [6, 6.07) is 5.55. The Morgan fingerprint density at radius 3 is 2.94 bits per heavy atom. The van der Waals surface area contributed by atoms with Crippen molar-refractivity contribution in [3.63, 3.8) is 0 Å². The first-order valence-electron chi connectivity index (χ1n) is 4.90. The zero-order valence-electron chi connectivity index (χ0n) is 8.71. The number of hydrogen-bond donors (Lipinski definition) is 1. The maximum atomic E-state index is 5.74. The van der Waals surface area contributed by atoms with Gasteiger partial charge in [-0.2, -0.15) is 0 Å². The molecule has 0 radical (unpaired) electrons. The van der Waals surface area contributed by atoms with Crippen molar-refractivity contribution in [2.45, 2.75) is 6.92 Å². The number of anilines is 1. The molecule has 0 unspecified atom stereocenters. The van der Waals surface area contributed by atoms with Crippen molar-refractivity contribution in [3.8, 4) is 11.4 Å². The molecule has 0 spiro atoms. The van der Waals surface area contributed by atoms with E-state index in [-0.39, 0.29) is 0 Å². The Labute approximate surface area is 91.5 Å². The molecule has 80 valence electrons. The first-order valence-corrected chi connectivity index (χ1v) is 4.90. The molecule has 0 aromatic carbocycles. The molecule has 0 aliphatic carbocycles. The van der Waals surface area contributed by atoms with E-state index in [4.69, 9.17) is 10.2 Å². The quantitative estimate of drug-likeness (QED) is 0.671. The summed E-state index contributed by atoms with van der Waals surface area (Å²) in [6.45, 7) is 1.89. The van der Waals surface area contributed by atoms with E-state index < -0.39 is 0 Å². The van der Waals surface area contributed by atoms with Crippen molar-refractivity contribution in [2.75, 3.05) is 5.73 Å². The van der Waals surface area contributed by atoms with E-state index in [0.29, 0.717) is 5.69 Å². The number of aryl methyl sites for hydroxylation is 1. The zero-order chi connectivity index (χ0) is 11.1. The number of aromatic nitrogens is 3. The molecule has 0 aliphatic heterocycles. The van der Waals surface area contributed by atoms with Gasteiger partial charge in [0, 0.05) is 11.9 Å². The van der Waals surface area contributed by atoms with E-state index in [1.165, 1.54) is 0 Å². The number of nitrogens with zero attached hydrogens (tertiary/aromatic N) is 3. The van der Waals surface area contributed by atoms with Crippen LogP contribution in [-0.4, -0.2) is 14.6 Å². The van der Waals surface area contributed by atoms with Gasteiger partial charge in [-0.3, -0.25) is 4.40 Å². The van der Waals surface area contributed by atoms with Crippen LogP contribution in [0, 0.1) is 6.92 Å². The molecule has 0 saturated heterocycles. The lowest BCUT2D eigenvalue weighted by Gasteiger charge is -1.97. The lowest BCUT2D eigenvalue weighted by Crippen LogP contribution is -1.92. The number of pyridine rings is 1. The van der Waals surface area contributed by atoms with Crippen molar-refractivity contribution >= 4 is 11.3 Å². The predicted octanol–water partition coefficient (Wildman–Crippen LogP) is 1.88. The summed E-state index contributed by atoms with van der Waals surface area (Å²) >= 11 is 0. The minimum absolute atomic E-state index is 0.675. The highest BCUT2D eigenvalue weighted by Crippen LogP contribution is 2.21. The number of nitrogens with two attached hydrogens (primary N) is 1. The van der Waals surface area contributed by atoms with Crippen molar-refractivity contribution < 1.29 is 4.42 Å². The van der Waals surface area contributed by atoms with Crippen molar-refractivity contribution in [1.82, 2.24) is 14.6 Å². The summed E-state index contributed by atoms with van der Waals surface area (Å²) in [5.41, 5.74) is 8.08. The van der Waals surface area contributed by atoms with Crippen molar-refractivity contribution in [1.29, 1.82) is 0 Å². The molecule has 0 amide bonds. The van der Waals surface area contributed by atoms with Crippen molar-refractivity contribution in [3.05, 3.63) is 36.4 Å². The number of furan rings is 1. The van der Waals surface area contributed by atoms with Crippen LogP contribution in [0.25, 0.3) is 17.0 Å². The molecule has 3 heterocycles. The summed E-state index contributed by atoms with van der Waals surface area (Å²) in [7, 11) is 0. The van der Waals surface area contributed by atoms with Gasteiger partial charge in [-0.25, -0.2) is 0 Å². The average molecular weight is 214 g/mol. The summed E-state index contributed by atoms with van der Waals surface area (Å²) in [5, 5.41) is 8.18. The molecule has 0 aliphatic rings. The predicted molar refractivity (Wildman–Crippen MR) is 59.8 cm³/mol. The lowest BCUT2D eigenvalue weighted by molar-refractivity contribution is 0.534. The first kappa shape index (κ1) is 8.96. The minimum Gasteiger partial charge on any atom is -0.469 e. The topological polar surface area (TPSA) is 69.3 Å². The van der Waals surface area contributed by atoms with Gasteiger partial charge in [0.05, 0.1) is 5.56 Å². The minimum atomic E-state index is 0.675. The van der Waals surface area contributed by atoms with Gasteiger partial charge in [-0.05, 0) is 25.1 Å². The largest absolute Gasteiger partial charge is 0.469 e. The van der Waals surface area contributed by atoms with E-state index in [0.717, 1.165) is 22.8 Å². The van der Waals surface area contributed by atoms with Gasteiger partial charge in [0.1, 0.15) is 12.0 Å². The van der Waals surface area contributed by atoms with Gasteiger partial charge in [0.15, 0.2) is 11.5 Å². The van der Waals surface area contributed by atoms with Crippen LogP contribution < -0.4 is 5.73 Å². The van der Waals surface area contributed by atoms with Crippen LogP contribution >= 0.6 is 0 Å². The Bertz CT molecular complexity index is 653. The number of fused-ring (bicyclic) bond motifs is 1. The molecule has 0 fully saturated rings. The standard InChI is InChI=1S/C11H10N4O/c1-7-4-8(6-16-7)11-14-13-10-3-2-9(12)5-15(10)11/h2-6H,12H2,1H3. The molecule has 5 heteroatoms. The highest BCUT2D eigenvalue weighted by atomic mass is 16.3. The third-order valence-electron chi connectivity index (χ3n) is 2.41. The molecule has 0 saturated carbocycles. The Morgan fingerprint density at radius 2 is 2.19 bits per heavy atom. The second-order valence-corrected chi connectivity index (χ2v) is 3.66. The smallest absolute Gasteiger partial charge is 0.171 e. The maximum Gasteiger partial charge on any atom is 0.171 e. The highest BCUT2D eigenvalue weighted by Gasteiger charge is 2.09. The molecular formula is C11H10N4O. The van der Waals surface area contributed by atoms with Crippen molar-refractivity contribution in [2.24, 2.45) is 0 Å². The zero-order valence-corrected chi connectivity index (χ0v) is 8.71. The Morgan fingerprint density at radius 1 is 1.31 bits per heavy atom. The van der Waals surface area contributed by atoms with Crippen LogP contribution in [0.5, 0.6) is 0 Å². The number of nitrogen functional groups attached to an aromatic ring is 1. The van der Waals surface area contributed by atoms with Crippen LogP contribution in [0.2, 0.25) is 0 Å². The van der Waals surface area contributed by atoms with E-state index in [1.54, 1.807) is 18.5 Å². The Hall–Kier alpha value is -2.30. The van der Waals surface area contributed by atoms with Gasteiger partial charge in [-0.15, -0.1) is 10.2 Å². The van der Waals surface area contributed by atoms with Gasteiger partial charge >= 0.3 is 0 Å². The molecular weight excluding hydrogens is 204 g/mol. The van der Waals surface area contributed by atoms with E-state index in [2.05, 4.69) is 10.2 Å². The molecule has 2 N–H and O–H groups in total. The summed E-state index contributed by atoms with van der Waals surface area (Å²) in [5.74, 6) is 1.58. The fraction of sp³-hybridized carbons (Fsp3) is 0.0909. The Balaban J connectivity index is 2.27. The highest BCUT2D eigenvalue weighted by molar-refractivity contribution is 5.60. The lowest BCUT2D eigenvalue weighted by atomic mass is 10.3. The third kappa shape index (κ3) is 1.25. The number of hydrogen-bond acceptors (Lipinski definition) is 4. The second kappa shape index (κ2) is 3.10. The van der Waals surface area contributed by atoms with E-state index in [9.17, 15) is 0 Å². The fourth-order valence-corrected chi connectivity index (χ4v) is 1.66. The Kier molecular flexibility index (Phi) is 1.73. The molecule has 3 aromatic rings. The monoisotopic (exact) mass is 214 g/mol. The SMILES string of the molecule is Cc1cc(-c2nnc3ccc(N)cn23)co1. The van der Waals surface area contributed by atoms with Crippen LogP contribution in [0.15, 0.2) is 35.1 Å². The van der Waals surface area contributed by atoms with Gasteiger partial charge < -0.3 is 10.2 Å². The number of rotatable bonds is 1. The van der Waals surface area contributed by atoms with Gasteiger partial charge in [0.2, 0.25) is 0 Å². The molecule has 16 heavy (non-hydrogen) atoms.